The van der Waals surface area contributed by atoms with Gasteiger partial charge < -0.3 is 0 Å². The molecule has 0 fully saturated rings. The molecular formula is C19H17N3O2SSe. The summed E-state index contributed by atoms with van der Waals surface area (Å²) in [6, 6.07) is 18.8. The Hall–Kier alpha value is -2.47. The van der Waals surface area contributed by atoms with E-state index in [1.54, 1.807) is 5.38 Å². The molecule has 3 rings (SSSR count). The van der Waals surface area contributed by atoms with Crippen LogP contribution in [0, 0.1) is 0 Å². The number of thiazole rings is 1. The minimum atomic E-state index is -0.704. The van der Waals surface area contributed by atoms with Gasteiger partial charge in [-0.1, -0.05) is 0 Å². The number of nitrogens with zero attached hydrogens (tertiary/aromatic N) is 1. The second kappa shape index (κ2) is 8.76. The molecule has 3 N–H and O–H groups in total. The topological polar surface area (TPSA) is 85.1 Å². The molecule has 0 saturated carbocycles. The van der Waals surface area contributed by atoms with Crippen molar-refractivity contribution in [1.82, 2.24) is 10.3 Å². The Morgan fingerprint density at radius 3 is 2.38 bits per heavy atom. The molecule has 2 aromatic carbocycles. The van der Waals surface area contributed by atoms with E-state index >= 15 is 0 Å². The first kappa shape index (κ1) is 18.3. The van der Waals surface area contributed by atoms with Crippen LogP contribution < -0.4 is 15.5 Å². The Kier molecular flexibility index (Phi) is 6.17. The molecule has 0 bridgehead atoms. The van der Waals surface area contributed by atoms with E-state index in [2.05, 4.69) is 10.3 Å². The fourth-order valence-corrected chi connectivity index (χ4v) is 5.03. The molecule has 0 aliphatic rings. The molecule has 0 unspecified atom stereocenters. The molecule has 0 aliphatic carbocycles. The van der Waals surface area contributed by atoms with Crippen LogP contribution in [0.3, 0.4) is 0 Å². The van der Waals surface area contributed by atoms with Gasteiger partial charge in [0.1, 0.15) is 0 Å². The van der Waals surface area contributed by atoms with Crippen molar-refractivity contribution < 1.29 is 9.59 Å². The molecule has 0 saturated heterocycles. The number of primary amides is 1. The van der Waals surface area contributed by atoms with Gasteiger partial charge in [-0.25, -0.2) is 0 Å². The average Bonchev–Trinajstić information content (AvgIpc) is 3.16. The summed E-state index contributed by atoms with van der Waals surface area (Å²) in [4.78, 5) is 28.5. The van der Waals surface area contributed by atoms with Gasteiger partial charge in [0.05, 0.1) is 0 Å². The van der Waals surface area contributed by atoms with Crippen molar-refractivity contribution in [3.05, 3.63) is 71.7 Å². The van der Waals surface area contributed by atoms with Crippen LogP contribution in [0.25, 0.3) is 10.6 Å². The average molecular weight is 430 g/mol. The Balaban J connectivity index is 1.65. The van der Waals surface area contributed by atoms with E-state index in [1.165, 1.54) is 11.3 Å². The van der Waals surface area contributed by atoms with Crippen LogP contribution in [0.4, 0.5) is 0 Å². The molecule has 7 heteroatoms. The molecule has 5 nitrogen and oxygen atoms in total. The van der Waals surface area contributed by atoms with Crippen molar-refractivity contribution in [2.75, 3.05) is 0 Å². The number of aromatic nitrogens is 1. The standard InChI is InChI=1S/C19H17N3O2SSe/c20-17(23)16(12-26-14-9-5-2-6-10-14)21-18(24)15-11-25-19(22-15)13-7-3-1-4-8-13/h1-11,16H,12H2,(H2,20,23)(H,21,24)/t16-/m0/s1. The van der Waals surface area contributed by atoms with E-state index in [0.717, 1.165) is 15.0 Å². The van der Waals surface area contributed by atoms with Gasteiger partial charge in [0.2, 0.25) is 0 Å². The SMILES string of the molecule is NC(=O)[C@H](C[Se]c1ccccc1)NC(=O)c1csc(-c2ccccc2)n1. The van der Waals surface area contributed by atoms with Gasteiger partial charge in [0.15, 0.2) is 0 Å². The maximum absolute atomic E-state index is 12.4. The quantitative estimate of drug-likeness (QED) is 0.561. The number of carbonyl (C=O) groups excluding carboxylic acids is 2. The van der Waals surface area contributed by atoms with Crippen molar-refractivity contribution in [3.8, 4) is 10.6 Å². The summed E-state index contributed by atoms with van der Waals surface area (Å²) in [6.07, 6.45) is 0. The predicted octanol–water partition coefficient (Wildman–Crippen LogP) is 1.84. The third kappa shape index (κ3) is 4.79. The predicted molar refractivity (Wildman–Crippen MR) is 105 cm³/mol. The van der Waals surface area contributed by atoms with E-state index in [-0.39, 0.29) is 20.9 Å². The van der Waals surface area contributed by atoms with Crippen molar-refractivity contribution in [2.45, 2.75) is 11.4 Å². The van der Waals surface area contributed by atoms with Crippen LogP contribution in [0.15, 0.2) is 66.0 Å². The molecular weight excluding hydrogens is 413 g/mol. The normalized spacial score (nSPS) is 11.7. The van der Waals surface area contributed by atoms with Crippen molar-refractivity contribution >= 4 is 42.6 Å². The summed E-state index contributed by atoms with van der Waals surface area (Å²) in [6.45, 7) is 0. The molecule has 1 atom stereocenters. The monoisotopic (exact) mass is 431 g/mol. The number of nitrogens with two attached hydrogens (primary N) is 1. The molecule has 1 heterocycles. The fraction of sp³-hybridized carbons (Fsp3) is 0.105. The van der Waals surface area contributed by atoms with Crippen LogP contribution >= 0.6 is 11.3 Å². The number of hydrogen-bond donors (Lipinski definition) is 2. The molecule has 0 spiro atoms. The van der Waals surface area contributed by atoms with Crippen LogP contribution in [0.5, 0.6) is 0 Å². The first-order valence-corrected chi connectivity index (χ1v) is 10.9. The number of nitrogens with one attached hydrogen (secondary N) is 1. The number of rotatable bonds is 7. The number of benzene rings is 2. The van der Waals surface area contributed by atoms with E-state index in [1.807, 2.05) is 60.7 Å². The molecule has 3 aromatic rings. The third-order valence-corrected chi connectivity index (χ3v) is 6.78. The second-order valence-corrected chi connectivity index (χ2v) is 8.61. The Morgan fingerprint density at radius 2 is 1.73 bits per heavy atom. The zero-order valence-corrected chi connectivity index (χ0v) is 16.3. The number of hydrogen-bond acceptors (Lipinski definition) is 4. The maximum atomic E-state index is 12.4. The van der Waals surface area contributed by atoms with Crippen LogP contribution in [0.1, 0.15) is 10.5 Å². The van der Waals surface area contributed by atoms with E-state index in [0.29, 0.717) is 11.0 Å². The van der Waals surface area contributed by atoms with Crippen molar-refractivity contribution in [2.24, 2.45) is 5.73 Å². The summed E-state index contributed by atoms with van der Waals surface area (Å²) >= 11 is 1.44. The zero-order valence-electron chi connectivity index (χ0n) is 13.8. The van der Waals surface area contributed by atoms with Gasteiger partial charge in [-0.05, 0) is 0 Å². The van der Waals surface area contributed by atoms with Crippen LogP contribution in [-0.4, -0.2) is 37.8 Å². The van der Waals surface area contributed by atoms with Gasteiger partial charge in [-0.3, -0.25) is 0 Å². The van der Waals surface area contributed by atoms with E-state index in [9.17, 15) is 9.59 Å². The van der Waals surface area contributed by atoms with Crippen molar-refractivity contribution in [1.29, 1.82) is 0 Å². The zero-order chi connectivity index (χ0) is 18.4. The van der Waals surface area contributed by atoms with Crippen LogP contribution in [-0.2, 0) is 4.79 Å². The van der Waals surface area contributed by atoms with Gasteiger partial charge >= 0.3 is 162 Å². The second-order valence-electron chi connectivity index (χ2n) is 5.46. The fourth-order valence-electron chi connectivity index (χ4n) is 2.21. The van der Waals surface area contributed by atoms with E-state index < -0.39 is 11.9 Å². The van der Waals surface area contributed by atoms with Crippen molar-refractivity contribution in [3.63, 3.8) is 0 Å². The van der Waals surface area contributed by atoms with Gasteiger partial charge in [-0.2, -0.15) is 0 Å². The summed E-state index contributed by atoms with van der Waals surface area (Å²) in [7, 11) is 0. The summed E-state index contributed by atoms with van der Waals surface area (Å²) < 4.78 is 1.15. The summed E-state index contributed by atoms with van der Waals surface area (Å²) in [5.74, 6) is -0.911. The number of amides is 2. The van der Waals surface area contributed by atoms with Gasteiger partial charge in [0, 0.05) is 0 Å². The Labute approximate surface area is 161 Å². The summed E-state index contributed by atoms with van der Waals surface area (Å²) in [5, 5.41) is 5.68. The summed E-state index contributed by atoms with van der Waals surface area (Å²) in [5.41, 5.74) is 6.71. The molecule has 132 valence electrons. The van der Waals surface area contributed by atoms with Gasteiger partial charge in [0.25, 0.3) is 0 Å². The molecule has 26 heavy (non-hydrogen) atoms. The minimum absolute atomic E-state index is 0.0471. The van der Waals surface area contributed by atoms with Crippen LogP contribution in [0.2, 0.25) is 5.32 Å². The molecule has 2 amide bonds. The molecule has 1 aromatic heterocycles. The number of carbonyl (C=O) groups is 2. The Morgan fingerprint density at radius 1 is 1.08 bits per heavy atom. The van der Waals surface area contributed by atoms with Gasteiger partial charge in [-0.15, -0.1) is 0 Å². The molecule has 0 radical (unpaired) electrons. The molecule has 0 aliphatic heterocycles. The van der Waals surface area contributed by atoms with E-state index in [4.69, 9.17) is 5.73 Å². The Bertz CT molecular complexity index is 884. The third-order valence-electron chi connectivity index (χ3n) is 3.57. The first-order chi connectivity index (χ1) is 12.6. The first-order valence-electron chi connectivity index (χ1n) is 7.92.